The quantitative estimate of drug-likeness (QED) is 0.693. The zero-order valence-corrected chi connectivity index (χ0v) is 8.25. The van der Waals surface area contributed by atoms with Gasteiger partial charge in [0.05, 0.1) is 4.47 Å². The van der Waals surface area contributed by atoms with Crippen molar-refractivity contribution in [1.29, 1.82) is 0 Å². The number of phenols is 2. The maximum absolute atomic E-state index is 9.62. The zero-order chi connectivity index (χ0) is 9.42. The topological polar surface area (TPSA) is 40.5 Å². The molecule has 0 amide bonds. The molecule has 0 atom stereocenters. The Hall–Kier alpha value is -1.22. The van der Waals surface area contributed by atoms with E-state index in [1.807, 2.05) is 12.1 Å². The van der Waals surface area contributed by atoms with Crippen LogP contribution < -0.4 is 0 Å². The Morgan fingerprint density at radius 1 is 1.00 bits per heavy atom. The minimum absolute atomic E-state index is 0.161. The van der Waals surface area contributed by atoms with Gasteiger partial charge in [-0.3, -0.25) is 0 Å². The molecule has 2 aromatic carbocycles. The lowest BCUT2D eigenvalue weighted by molar-refractivity contribution is 0.466. The van der Waals surface area contributed by atoms with Crippen molar-refractivity contribution in [2.45, 2.75) is 0 Å². The van der Waals surface area contributed by atoms with Crippen LogP contribution in [0.2, 0.25) is 0 Å². The van der Waals surface area contributed by atoms with Gasteiger partial charge in [-0.2, -0.15) is 0 Å². The predicted molar refractivity (Wildman–Crippen MR) is 55.0 cm³/mol. The molecule has 0 aliphatic heterocycles. The Balaban J connectivity index is 2.97. The van der Waals surface area contributed by atoms with Gasteiger partial charge in [-0.15, -0.1) is 0 Å². The van der Waals surface area contributed by atoms with Crippen molar-refractivity contribution in [3.05, 3.63) is 34.8 Å². The van der Waals surface area contributed by atoms with Gasteiger partial charge >= 0.3 is 0 Å². The van der Waals surface area contributed by atoms with E-state index in [1.54, 1.807) is 12.1 Å². The molecule has 2 aromatic rings. The van der Waals surface area contributed by atoms with E-state index in [0.29, 0.717) is 15.2 Å². The number of fused-ring (bicyclic) bond motifs is 1. The number of rotatable bonds is 0. The molecule has 0 saturated heterocycles. The summed E-state index contributed by atoms with van der Waals surface area (Å²) in [5.41, 5.74) is 0. The molecule has 3 heteroatoms. The molecule has 2 nitrogen and oxygen atoms in total. The lowest BCUT2D eigenvalue weighted by Gasteiger charge is -2.04. The van der Waals surface area contributed by atoms with Gasteiger partial charge in [-0.25, -0.2) is 0 Å². The van der Waals surface area contributed by atoms with E-state index in [9.17, 15) is 10.2 Å². The Labute approximate surface area is 83.6 Å². The number of hydrogen-bond acceptors (Lipinski definition) is 2. The van der Waals surface area contributed by atoms with Crippen LogP contribution in [0.1, 0.15) is 0 Å². The molecule has 0 radical (unpaired) electrons. The van der Waals surface area contributed by atoms with E-state index < -0.39 is 0 Å². The van der Waals surface area contributed by atoms with Gasteiger partial charge in [0.1, 0.15) is 11.5 Å². The standard InChI is InChI=1S/C10H7BrO2/c11-8-5-9(12)6-3-1-2-4-7(6)10(8)13/h1-5,12-13H. The summed E-state index contributed by atoms with van der Waals surface area (Å²) in [7, 11) is 0. The van der Waals surface area contributed by atoms with Crippen molar-refractivity contribution >= 4 is 26.7 Å². The predicted octanol–water partition coefficient (Wildman–Crippen LogP) is 3.01. The fourth-order valence-electron chi connectivity index (χ4n) is 1.31. The van der Waals surface area contributed by atoms with Crippen molar-refractivity contribution in [1.82, 2.24) is 0 Å². The summed E-state index contributed by atoms with van der Waals surface area (Å²) in [6.45, 7) is 0. The summed E-state index contributed by atoms with van der Waals surface area (Å²) in [6, 6.07) is 8.63. The third-order valence-electron chi connectivity index (χ3n) is 1.95. The molecule has 0 fully saturated rings. The van der Waals surface area contributed by atoms with Crippen molar-refractivity contribution in [3.63, 3.8) is 0 Å². The number of halogens is 1. The molecule has 2 rings (SSSR count). The fourth-order valence-corrected chi connectivity index (χ4v) is 1.74. The second-order valence-corrected chi connectivity index (χ2v) is 3.63. The third-order valence-corrected chi connectivity index (χ3v) is 2.55. The van der Waals surface area contributed by atoms with E-state index in [-0.39, 0.29) is 11.5 Å². The highest BCUT2D eigenvalue weighted by Gasteiger charge is 2.07. The maximum Gasteiger partial charge on any atom is 0.137 e. The minimum atomic E-state index is 0.161. The second kappa shape index (κ2) is 2.92. The molecule has 0 bridgehead atoms. The average molecular weight is 239 g/mol. The Bertz CT molecular complexity index is 466. The summed E-state index contributed by atoms with van der Waals surface area (Å²) in [5, 5.41) is 20.5. The first kappa shape index (κ1) is 8.38. The molecule has 2 N–H and O–H groups in total. The highest BCUT2D eigenvalue weighted by molar-refractivity contribution is 9.10. The summed E-state index contributed by atoms with van der Waals surface area (Å²) in [4.78, 5) is 0. The van der Waals surface area contributed by atoms with Crippen LogP contribution in [0.5, 0.6) is 11.5 Å². The monoisotopic (exact) mass is 238 g/mol. The number of phenolic OH excluding ortho intramolecular Hbond substituents is 2. The Kier molecular flexibility index (Phi) is 1.88. The molecule has 0 aromatic heterocycles. The van der Waals surface area contributed by atoms with Crippen LogP contribution in [-0.4, -0.2) is 10.2 Å². The third kappa shape index (κ3) is 1.25. The molecule has 66 valence electrons. The van der Waals surface area contributed by atoms with Crippen molar-refractivity contribution in [2.75, 3.05) is 0 Å². The molecule has 0 heterocycles. The van der Waals surface area contributed by atoms with Crippen LogP contribution in [0.4, 0.5) is 0 Å². The van der Waals surface area contributed by atoms with Gasteiger partial charge in [0.25, 0.3) is 0 Å². The number of hydrogen-bond donors (Lipinski definition) is 2. The van der Waals surface area contributed by atoms with Crippen molar-refractivity contribution in [2.24, 2.45) is 0 Å². The highest BCUT2D eigenvalue weighted by Crippen LogP contribution is 2.37. The summed E-state index contributed by atoms with van der Waals surface area (Å²) in [6.07, 6.45) is 0. The van der Waals surface area contributed by atoms with Gasteiger partial charge in [-0.05, 0) is 22.0 Å². The number of benzene rings is 2. The Morgan fingerprint density at radius 2 is 1.62 bits per heavy atom. The smallest absolute Gasteiger partial charge is 0.137 e. The van der Waals surface area contributed by atoms with Crippen LogP contribution in [0, 0.1) is 0 Å². The first-order valence-corrected chi connectivity index (χ1v) is 4.58. The largest absolute Gasteiger partial charge is 0.507 e. The van der Waals surface area contributed by atoms with E-state index in [4.69, 9.17) is 0 Å². The van der Waals surface area contributed by atoms with Crippen LogP contribution in [0.3, 0.4) is 0 Å². The van der Waals surface area contributed by atoms with Gasteiger partial charge in [0.15, 0.2) is 0 Å². The Morgan fingerprint density at radius 3 is 2.31 bits per heavy atom. The van der Waals surface area contributed by atoms with Gasteiger partial charge < -0.3 is 10.2 Å². The molecule has 0 spiro atoms. The van der Waals surface area contributed by atoms with E-state index in [0.717, 1.165) is 0 Å². The highest BCUT2D eigenvalue weighted by atomic mass is 79.9. The molecule has 13 heavy (non-hydrogen) atoms. The van der Waals surface area contributed by atoms with E-state index in [1.165, 1.54) is 6.07 Å². The molecule has 0 unspecified atom stereocenters. The van der Waals surface area contributed by atoms with Gasteiger partial charge in [-0.1, -0.05) is 24.3 Å². The van der Waals surface area contributed by atoms with Crippen molar-refractivity contribution < 1.29 is 10.2 Å². The molecular formula is C10H7BrO2. The summed E-state index contributed by atoms with van der Waals surface area (Å²) >= 11 is 3.16. The molecule has 0 aliphatic rings. The SMILES string of the molecule is Oc1cc(Br)c(O)c2ccccc12. The first-order chi connectivity index (χ1) is 6.20. The van der Waals surface area contributed by atoms with Crippen LogP contribution in [0.15, 0.2) is 34.8 Å². The van der Waals surface area contributed by atoms with Gasteiger partial charge in [0.2, 0.25) is 0 Å². The van der Waals surface area contributed by atoms with Crippen molar-refractivity contribution in [3.8, 4) is 11.5 Å². The average Bonchev–Trinajstić information content (AvgIpc) is 2.15. The fraction of sp³-hybridized carbons (Fsp3) is 0. The maximum atomic E-state index is 9.62. The minimum Gasteiger partial charge on any atom is -0.507 e. The molecule has 0 aliphatic carbocycles. The van der Waals surface area contributed by atoms with E-state index in [2.05, 4.69) is 15.9 Å². The first-order valence-electron chi connectivity index (χ1n) is 3.79. The molecule has 0 saturated carbocycles. The van der Waals surface area contributed by atoms with Crippen LogP contribution in [0.25, 0.3) is 10.8 Å². The second-order valence-electron chi connectivity index (χ2n) is 2.77. The van der Waals surface area contributed by atoms with Gasteiger partial charge in [0, 0.05) is 10.8 Å². The zero-order valence-electron chi connectivity index (χ0n) is 6.66. The molecular weight excluding hydrogens is 232 g/mol. The normalized spacial score (nSPS) is 10.5. The van der Waals surface area contributed by atoms with E-state index >= 15 is 0 Å². The summed E-state index contributed by atoms with van der Waals surface area (Å²) < 4.78 is 0.503. The van der Waals surface area contributed by atoms with Crippen LogP contribution in [-0.2, 0) is 0 Å². The lowest BCUT2D eigenvalue weighted by atomic mass is 10.1. The van der Waals surface area contributed by atoms with Crippen LogP contribution >= 0.6 is 15.9 Å². The summed E-state index contributed by atoms with van der Waals surface area (Å²) in [5.74, 6) is 0.327. The lowest BCUT2D eigenvalue weighted by Crippen LogP contribution is -1.76. The number of aromatic hydroxyl groups is 2.